The molecule has 35 heavy (non-hydrogen) atoms. The lowest BCUT2D eigenvalue weighted by atomic mass is 9.96. The molecule has 0 radical (unpaired) electrons. The number of carbonyl (C=O) groups is 2. The Morgan fingerprint density at radius 1 is 1.09 bits per heavy atom. The molecule has 4 rings (SSSR count). The molecule has 188 valence electrons. The van der Waals surface area contributed by atoms with E-state index >= 15 is 0 Å². The predicted molar refractivity (Wildman–Crippen MR) is 139 cm³/mol. The SMILES string of the molecule is CC(=O)N(C)CCCOc1ccc(C(C)N2C[C@@H]3C[C@@H]2CN3C(=O)c2ccc(Cl)cc2)c(C)c1C. The zero-order chi connectivity index (χ0) is 25.3. The molecule has 0 spiro atoms. The zero-order valence-electron chi connectivity index (χ0n) is 21.4. The molecule has 3 atom stereocenters. The summed E-state index contributed by atoms with van der Waals surface area (Å²) in [6.45, 7) is 11.1. The summed E-state index contributed by atoms with van der Waals surface area (Å²) in [5, 5.41) is 0.646. The summed E-state index contributed by atoms with van der Waals surface area (Å²) in [4.78, 5) is 30.7. The van der Waals surface area contributed by atoms with Crippen LogP contribution in [0.3, 0.4) is 0 Å². The minimum atomic E-state index is 0.0726. The van der Waals surface area contributed by atoms with E-state index in [-0.39, 0.29) is 23.9 Å². The Bertz CT molecular complexity index is 1090. The average molecular weight is 498 g/mol. The van der Waals surface area contributed by atoms with Crippen molar-refractivity contribution in [3.05, 3.63) is 63.7 Å². The molecule has 2 saturated heterocycles. The van der Waals surface area contributed by atoms with E-state index in [1.165, 1.54) is 11.1 Å². The lowest BCUT2D eigenvalue weighted by Gasteiger charge is -2.38. The van der Waals surface area contributed by atoms with Gasteiger partial charge in [-0.3, -0.25) is 14.5 Å². The highest BCUT2D eigenvalue weighted by atomic mass is 35.5. The maximum Gasteiger partial charge on any atom is 0.254 e. The fraction of sp³-hybridized carbons (Fsp3) is 0.500. The summed E-state index contributed by atoms with van der Waals surface area (Å²) in [5.74, 6) is 1.08. The molecule has 2 amide bonds. The first-order valence-corrected chi connectivity index (χ1v) is 12.8. The van der Waals surface area contributed by atoms with Crippen molar-refractivity contribution in [1.29, 1.82) is 0 Å². The number of carbonyl (C=O) groups excluding carboxylic acids is 2. The van der Waals surface area contributed by atoms with Crippen molar-refractivity contribution < 1.29 is 14.3 Å². The fourth-order valence-electron chi connectivity index (χ4n) is 5.42. The molecular weight excluding hydrogens is 462 g/mol. The van der Waals surface area contributed by atoms with Crippen molar-refractivity contribution in [3.8, 4) is 5.75 Å². The molecule has 0 N–H and O–H groups in total. The predicted octanol–water partition coefficient (Wildman–Crippen LogP) is 4.86. The van der Waals surface area contributed by atoms with Crippen LogP contribution in [-0.2, 0) is 4.79 Å². The van der Waals surface area contributed by atoms with Gasteiger partial charge in [0.05, 0.1) is 6.61 Å². The number of amides is 2. The molecule has 2 aliphatic heterocycles. The number of nitrogens with zero attached hydrogens (tertiary/aromatic N) is 3. The van der Waals surface area contributed by atoms with E-state index in [1.807, 2.05) is 24.1 Å². The summed E-state index contributed by atoms with van der Waals surface area (Å²) in [6.07, 6.45) is 1.83. The molecule has 2 bridgehead atoms. The van der Waals surface area contributed by atoms with Crippen LogP contribution in [0.2, 0.25) is 5.02 Å². The Hall–Kier alpha value is -2.57. The number of benzene rings is 2. The Balaban J connectivity index is 1.37. The monoisotopic (exact) mass is 497 g/mol. The van der Waals surface area contributed by atoms with Gasteiger partial charge in [0.15, 0.2) is 0 Å². The molecule has 2 aromatic carbocycles. The fourth-order valence-corrected chi connectivity index (χ4v) is 5.55. The van der Waals surface area contributed by atoms with Crippen LogP contribution in [0.15, 0.2) is 36.4 Å². The zero-order valence-corrected chi connectivity index (χ0v) is 22.1. The maximum atomic E-state index is 13.0. The van der Waals surface area contributed by atoms with Gasteiger partial charge in [0.25, 0.3) is 5.91 Å². The van der Waals surface area contributed by atoms with Gasteiger partial charge in [-0.2, -0.15) is 0 Å². The molecular formula is C28H36ClN3O3. The third-order valence-electron chi connectivity index (χ3n) is 7.79. The molecule has 2 heterocycles. The summed E-state index contributed by atoms with van der Waals surface area (Å²) < 4.78 is 6.04. The van der Waals surface area contributed by atoms with Gasteiger partial charge >= 0.3 is 0 Å². The van der Waals surface area contributed by atoms with E-state index in [1.54, 1.807) is 24.0 Å². The van der Waals surface area contributed by atoms with E-state index in [0.29, 0.717) is 29.8 Å². The van der Waals surface area contributed by atoms with Gasteiger partial charge in [-0.15, -0.1) is 0 Å². The van der Waals surface area contributed by atoms with Gasteiger partial charge in [-0.05, 0) is 80.6 Å². The van der Waals surface area contributed by atoms with Crippen LogP contribution in [0.4, 0.5) is 0 Å². The molecule has 1 unspecified atom stereocenters. The minimum absolute atomic E-state index is 0.0726. The lowest BCUT2D eigenvalue weighted by molar-refractivity contribution is -0.127. The van der Waals surface area contributed by atoms with Crippen molar-refractivity contribution in [1.82, 2.24) is 14.7 Å². The third kappa shape index (κ3) is 5.34. The second kappa shape index (κ2) is 10.6. The van der Waals surface area contributed by atoms with Crippen molar-refractivity contribution in [3.63, 3.8) is 0 Å². The summed E-state index contributed by atoms with van der Waals surface area (Å²) in [6, 6.07) is 12.3. The van der Waals surface area contributed by atoms with Crippen LogP contribution >= 0.6 is 11.6 Å². The van der Waals surface area contributed by atoms with E-state index in [4.69, 9.17) is 16.3 Å². The summed E-state index contributed by atoms with van der Waals surface area (Å²) >= 11 is 5.99. The number of piperazine rings is 1. The quantitative estimate of drug-likeness (QED) is 0.488. The van der Waals surface area contributed by atoms with Crippen LogP contribution in [0.5, 0.6) is 5.75 Å². The molecule has 6 nitrogen and oxygen atoms in total. The number of halogens is 1. The second-order valence-electron chi connectivity index (χ2n) is 9.93. The molecule has 2 fully saturated rings. The van der Waals surface area contributed by atoms with Crippen LogP contribution in [0, 0.1) is 13.8 Å². The van der Waals surface area contributed by atoms with Crippen molar-refractivity contribution in [2.75, 3.05) is 33.3 Å². The van der Waals surface area contributed by atoms with Gasteiger partial charge in [0.2, 0.25) is 5.91 Å². The standard InChI is InChI=1S/C28H36ClN3O3/c1-18-19(2)27(35-14-6-13-30(5)21(4)33)12-11-26(18)20(3)31-16-25-15-24(31)17-32(25)28(34)22-7-9-23(29)10-8-22/h7-12,20,24-25H,6,13-17H2,1-5H3/t20?,24-,25+/m1/s1. The van der Waals surface area contributed by atoms with Gasteiger partial charge < -0.3 is 14.5 Å². The second-order valence-corrected chi connectivity index (χ2v) is 10.4. The van der Waals surface area contributed by atoms with Crippen LogP contribution < -0.4 is 4.74 Å². The van der Waals surface area contributed by atoms with Gasteiger partial charge in [0.1, 0.15) is 5.75 Å². The Labute approximate surface area is 213 Å². The summed E-state index contributed by atoms with van der Waals surface area (Å²) in [7, 11) is 1.81. The highest BCUT2D eigenvalue weighted by Gasteiger charge is 2.47. The van der Waals surface area contributed by atoms with Crippen LogP contribution in [0.25, 0.3) is 0 Å². The number of fused-ring (bicyclic) bond motifs is 2. The number of rotatable bonds is 8. The number of hydrogen-bond donors (Lipinski definition) is 0. The first-order chi connectivity index (χ1) is 16.7. The average Bonchev–Trinajstić information content (AvgIpc) is 3.45. The van der Waals surface area contributed by atoms with E-state index in [0.717, 1.165) is 37.2 Å². The van der Waals surface area contributed by atoms with Crippen LogP contribution in [-0.4, -0.2) is 71.9 Å². The number of ether oxygens (including phenoxy) is 1. The normalized spacial score (nSPS) is 20.2. The van der Waals surface area contributed by atoms with Crippen molar-refractivity contribution in [2.24, 2.45) is 0 Å². The lowest BCUT2D eigenvalue weighted by Crippen LogP contribution is -2.49. The van der Waals surface area contributed by atoms with E-state index in [9.17, 15) is 9.59 Å². The highest BCUT2D eigenvalue weighted by Crippen LogP contribution is 2.39. The van der Waals surface area contributed by atoms with Crippen molar-refractivity contribution in [2.45, 2.75) is 58.7 Å². The molecule has 2 aromatic rings. The Kier molecular flexibility index (Phi) is 7.72. The van der Waals surface area contributed by atoms with E-state index < -0.39 is 0 Å². The first-order valence-electron chi connectivity index (χ1n) is 12.4. The van der Waals surface area contributed by atoms with Crippen LogP contribution in [0.1, 0.15) is 59.8 Å². The molecule has 7 heteroatoms. The van der Waals surface area contributed by atoms with E-state index in [2.05, 4.69) is 37.8 Å². The smallest absolute Gasteiger partial charge is 0.254 e. The topological polar surface area (TPSA) is 53.1 Å². The molecule has 0 saturated carbocycles. The molecule has 0 aromatic heterocycles. The minimum Gasteiger partial charge on any atom is -0.493 e. The highest BCUT2D eigenvalue weighted by molar-refractivity contribution is 6.30. The number of likely N-dealkylation sites (tertiary alicyclic amines) is 2. The third-order valence-corrected chi connectivity index (χ3v) is 8.05. The number of hydrogen-bond acceptors (Lipinski definition) is 4. The summed E-state index contributed by atoms with van der Waals surface area (Å²) in [5.41, 5.74) is 4.44. The van der Waals surface area contributed by atoms with Gasteiger partial charge in [-0.25, -0.2) is 0 Å². The molecule has 0 aliphatic carbocycles. The van der Waals surface area contributed by atoms with Gasteiger partial charge in [-0.1, -0.05) is 17.7 Å². The molecule has 2 aliphatic rings. The van der Waals surface area contributed by atoms with Gasteiger partial charge in [0, 0.05) is 62.3 Å². The van der Waals surface area contributed by atoms with Crippen molar-refractivity contribution >= 4 is 23.4 Å². The first kappa shape index (κ1) is 25.5. The largest absolute Gasteiger partial charge is 0.493 e. The Morgan fingerprint density at radius 3 is 2.43 bits per heavy atom. The Morgan fingerprint density at radius 2 is 1.80 bits per heavy atom. The maximum absolute atomic E-state index is 13.0.